The van der Waals surface area contributed by atoms with E-state index in [0.717, 1.165) is 13.1 Å². The predicted octanol–water partition coefficient (Wildman–Crippen LogP) is 4.56. The number of carbonyl (C=O) groups excluding carboxylic acids is 1. The SMILES string of the molecule is CC([C@@H](O)CCC(=O)OC(C)(C)C)N(Cc1ccccc1)Cc1ccccc1. The Labute approximate surface area is 169 Å². The van der Waals surface area contributed by atoms with E-state index in [9.17, 15) is 9.90 Å². The van der Waals surface area contributed by atoms with Gasteiger partial charge in [0.15, 0.2) is 0 Å². The van der Waals surface area contributed by atoms with Crippen LogP contribution >= 0.6 is 0 Å². The molecule has 1 unspecified atom stereocenters. The quantitative estimate of drug-likeness (QED) is 0.645. The van der Waals surface area contributed by atoms with Crippen molar-refractivity contribution in [1.82, 2.24) is 4.90 Å². The zero-order valence-electron chi connectivity index (χ0n) is 17.5. The lowest BCUT2D eigenvalue weighted by Crippen LogP contribution is -2.41. The number of carbonyl (C=O) groups is 1. The molecule has 2 aromatic carbocycles. The molecule has 0 aliphatic rings. The number of esters is 1. The minimum Gasteiger partial charge on any atom is -0.460 e. The Morgan fingerprint density at radius 3 is 1.86 bits per heavy atom. The van der Waals surface area contributed by atoms with Gasteiger partial charge in [0.25, 0.3) is 0 Å². The smallest absolute Gasteiger partial charge is 0.306 e. The van der Waals surface area contributed by atoms with E-state index in [0.29, 0.717) is 6.42 Å². The summed E-state index contributed by atoms with van der Waals surface area (Å²) < 4.78 is 5.36. The molecular weight excluding hydrogens is 350 g/mol. The Balaban J connectivity index is 2.02. The first-order chi connectivity index (χ1) is 13.2. The summed E-state index contributed by atoms with van der Waals surface area (Å²) in [7, 11) is 0. The van der Waals surface area contributed by atoms with Crippen molar-refractivity contribution < 1.29 is 14.6 Å². The lowest BCUT2D eigenvalue weighted by molar-refractivity contribution is -0.155. The summed E-state index contributed by atoms with van der Waals surface area (Å²) in [5, 5.41) is 10.7. The molecule has 2 aromatic rings. The van der Waals surface area contributed by atoms with Crippen molar-refractivity contribution in [2.45, 2.75) is 71.4 Å². The molecule has 0 bridgehead atoms. The molecule has 0 spiro atoms. The number of aliphatic hydroxyl groups excluding tert-OH is 1. The van der Waals surface area contributed by atoms with Crippen LogP contribution in [0.15, 0.2) is 60.7 Å². The fourth-order valence-electron chi connectivity index (χ4n) is 3.12. The lowest BCUT2D eigenvalue weighted by Gasteiger charge is -2.32. The van der Waals surface area contributed by atoms with Crippen LogP contribution in [0.1, 0.15) is 51.7 Å². The van der Waals surface area contributed by atoms with Gasteiger partial charge in [0.1, 0.15) is 5.60 Å². The Bertz CT molecular complexity index is 668. The van der Waals surface area contributed by atoms with Gasteiger partial charge in [0.2, 0.25) is 0 Å². The molecule has 4 heteroatoms. The van der Waals surface area contributed by atoms with Gasteiger partial charge in [0, 0.05) is 25.6 Å². The van der Waals surface area contributed by atoms with E-state index in [1.54, 1.807) is 0 Å². The van der Waals surface area contributed by atoms with Crippen LogP contribution in [0.3, 0.4) is 0 Å². The molecule has 0 fully saturated rings. The van der Waals surface area contributed by atoms with E-state index in [1.165, 1.54) is 11.1 Å². The summed E-state index contributed by atoms with van der Waals surface area (Å²) in [6.07, 6.45) is -0.0105. The molecule has 1 N–H and O–H groups in total. The van der Waals surface area contributed by atoms with Crippen LogP contribution in [-0.4, -0.2) is 33.7 Å². The van der Waals surface area contributed by atoms with Crippen LogP contribution in [-0.2, 0) is 22.6 Å². The topological polar surface area (TPSA) is 49.8 Å². The third-order valence-electron chi connectivity index (χ3n) is 4.65. The molecule has 0 aliphatic carbocycles. The molecule has 0 radical (unpaired) electrons. The summed E-state index contributed by atoms with van der Waals surface area (Å²) in [6.45, 7) is 9.05. The Morgan fingerprint density at radius 2 is 1.43 bits per heavy atom. The summed E-state index contributed by atoms with van der Waals surface area (Å²) in [4.78, 5) is 14.2. The van der Waals surface area contributed by atoms with Crippen molar-refractivity contribution >= 4 is 5.97 Å². The highest BCUT2D eigenvalue weighted by atomic mass is 16.6. The first-order valence-electron chi connectivity index (χ1n) is 9.96. The minimum absolute atomic E-state index is 0.0946. The van der Waals surface area contributed by atoms with Gasteiger partial charge in [-0.3, -0.25) is 9.69 Å². The van der Waals surface area contributed by atoms with Gasteiger partial charge in [-0.2, -0.15) is 0 Å². The van der Waals surface area contributed by atoms with E-state index >= 15 is 0 Å². The minimum atomic E-state index is -0.611. The molecular formula is C24H33NO3. The van der Waals surface area contributed by atoms with E-state index in [1.807, 2.05) is 64.1 Å². The van der Waals surface area contributed by atoms with Gasteiger partial charge >= 0.3 is 5.97 Å². The summed E-state index contributed by atoms with van der Waals surface area (Å²) in [5.74, 6) is -0.267. The highest BCUT2D eigenvalue weighted by Crippen LogP contribution is 2.18. The molecule has 0 heterocycles. The van der Waals surface area contributed by atoms with Gasteiger partial charge in [-0.25, -0.2) is 0 Å². The van der Waals surface area contributed by atoms with Gasteiger partial charge in [-0.1, -0.05) is 60.7 Å². The summed E-state index contributed by atoms with van der Waals surface area (Å²) in [5.41, 5.74) is 1.90. The standard InChI is InChI=1S/C24H33NO3/c1-19(22(26)15-16-23(27)28-24(2,3)4)25(17-20-11-7-5-8-12-20)18-21-13-9-6-10-14-21/h5-14,19,22,26H,15-18H2,1-4H3/t19?,22-/m0/s1. The normalized spacial score (nSPS) is 13.9. The van der Waals surface area contributed by atoms with Crippen molar-refractivity contribution in [2.75, 3.05) is 0 Å². The molecule has 2 atom stereocenters. The maximum atomic E-state index is 12.0. The van der Waals surface area contributed by atoms with Crippen molar-refractivity contribution in [3.05, 3.63) is 71.8 Å². The van der Waals surface area contributed by atoms with Crippen molar-refractivity contribution in [3.63, 3.8) is 0 Å². The molecule has 0 saturated heterocycles. The largest absolute Gasteiger partial charge is 0.460 e. The zero-order valence-corrected chi connectivity index (χ0v) is 17.5. The van der Waals surface area contributed by atoms with Crippen molar-refractivity contribution in [2.24, 2.45) is 0 Å². The van der Waals surface area contributed by atoms with E-state index in [-0.39, 0.29) is 18.4 Å². The molecule has 4 nitrogen and oxygen atoms in total. The highest BCUT2D eigenvalue weighted by Gasteiger charge is 2.24. The average Bonchev–Trinajstić information content (AvgIpc) is 2.65. The molecule has 2 rings (SSSR count). The van der Waals surface area contributed by atoms with Crippen molar-refractivity contribution in [3.8, 4) is 0 Å². The number of hydrogen-bond acceptors (Lipinski definition) is 4. The van der Waals surface area contributed by atoms with Gasteiger partial charge in [-0.05, 0) is 45.2 Å². The molecule has 152 valence electrons. The molecule has 0 aromatic heterocycles. The highest BCUT2D eigenvalue weighted by molar-refractivity contribution is 5.69. The number of benzene rings is 2. The Morgan fingerprint density at radius 1 is 0.964 bits per heavy atom. The predicted molar refractivity (Wildman–Crippen MR) is 113 cm³/mol. The third kappa shape index (κ3) is 7.83. The van der Waals surface area contributed by atoms with Gasteiger partial charge < -0.3 is 9.84 Å². The monoisotopic (exact) mass is 383 g/mol. The van der Waals surface area contributed by atoms with Crippen LogP contribution in [0.4, 0.5) is 0 Å². The average molecular weight is 384 g/mol. The van der Waals surface area contributed by atoms with Crippen LogP contribution < -0.4 is 0 Å². The van der Waals surface area contributed by atoms with Crippen molar-refractivity contribution in [1.29, 1.82) is 0 Å². The summed E-state index contributed by atoms with van der Waals surface area (Å²) >= 11 is 0. The van der Waals surface area contributed by atoms with E-state index in [2.05, 4.69) is 29.2 Å². The van der Waals surface area contributed by atoms with E-state index in [4.69, 9.17) is 4.74 Å². The zero-order chi connectivity index (χ0) is 20.6. The maximum Gasteiger partial charge on any atom is 0.306 e. The first-order valence-corrected chi connectivity index (χ1v) is 9.96. The Hall–Kier alpha value is -2.17. The Kier molecular flexibility index (Phi) is 8.21. The van der Waals surface area contributed by atoms with Crippen LogP contribution in [0.25, 0.3) is 0 Å². The van der Waals surface area contributed by atoms with Crippen LogP contribution in [0.5, 0.6) is 0 Å². The molecule has 0 saturated carbocycles. The van der Waals surface area contributed by atoms with Gasteiger partial charge in [0.05, 0.1) is 6.10 Å². The maximum absolute atomic E-state index is 12.0. The number of aliphatic hydroxyl groups is 1. The number of hydrogen-bond donors (Lipinski definition) is 1. The van der Waals surface area contributed by atoms with Crippen LogP contribution in [0.2, 0.25) is 0 Å². The molecule has 0 amide bonds. The number of rotatable bonds is 9. The fraction of sp³-hybridized carbons (Fsp3) is 0.458. The number of ether oxygens (including phenoxy) is 1. The lowest BCUT2D eigenvalue weighted by atomic mass is 10.0. The fourth-order valence-corrected chi connectivity index (χ4v) is 3.12. The molecule has 28 heavy (non-hydrogen) atoms. The molecule has 0 aliphatic heterocycles. The van der Waals surface area contributed by atoms with E-state index < -0.39 is 11.7 Å². The van der Waals surface area contributed by atoms with Gasteiger partial charge in [-0.15, -0.1) is 0 Å². The first kappa shape index (κ1) is 22.1. The third-order valence-corrected chi connectivity index (χ3v) is 4.65. The van der Waals surface area contributed by atoms with Crippen LogP contribution in [0, 0.1) is 0 Å². The summed E-state index contributed by atoms with van der Waals surface area (Å²) in [6, 6.07) is 20.4. The second kappa shape index (κ2) is 10.4. The second-order valence-corrected chi connectivity index (χ2v) is 8.31. The number of nitrogens with zero attached hydrogens (tertiary/aromatic N) is 1. The second-order valence-electron chi connectivity index (χ2n) is 8.31.